The Morgan fingerprint density at radius 1 is 1.44 bits per heavy atom. The van der Waals surface area contributed by atoms with Crippen molar-refractivity contribution in [1.29, 1.82) is 0 Å². The molecule has 86 valence electrons. The zero-order valence-corrected chi connectivity index (χ0v) is 9.63. The molecule has 3 heteroatoms. The molecule has 16 heavy (non-hydrogen) atoms. The predicted molar refractivity (Wildman–Crippen MR) is 64.9 cm³/mol. The van der Waals surface area contributed by atoms with Gasteiger partial charge in [0.25, 0.3) is 0 Å². The number of benzene rings is 1. The van der Waals surface area contributed by atoms with Crippen molar-refractivity contribution in [2.75, 3.05) is 0 Å². The van der Waals surface area contributed by atoms with Gasteiger partial charge in [0.2, 0.25) is 0 Å². The molecule has 0 aliphatic heterocycles. The molecule has 0 aliphatic carbocycles. The first-order valence-electron chi connectivity index (χ1n) is 5.65. The van der Waals surface area contributed by atoms with E-state index < -0.39 is 0 Å². The number of halogens is 1. The van der Waals surface area contributed by atoms with Crippen LogP contribution in [0.25, 0.3) is 10.9 Å². The normalized spacial score (nSPS) is 15.2. The highest BCUT2D eigenvalue weighted by Crippen LogP contribution is 2.28. The van der Waals surface area contributed by atoms with Crippen molar-refractivity contribution < 1.29 is 4.39 Å². The fourth-order valence-electron chi connectivity index (χ4n) is 2.08. The van der Waals surface area contributed by atoms with Crippen LogP contribution in [-0.4, -0.2) is 11.0 Å². The van der Waals surface area contributed by atoms with Crippen LogP contribution in [-0.2, 0) is 0 Å². The molecule has 0 saturated heterocycles. The summed E-state index contributed by atoms with van der Waals surface area (Å²) >= 11 is 0. The second-order valence-corrected chi connectivity index (χ2v) is 4.29. The predicted octanol–water partition coefficient (Wildman–Crippen LogP) is 3.15. The van der Waals surface area contributed by atoms with Gasteiger partial charge in [-0.1, -0.05) is 13.8 Å². The molecule has 0 amide bonds. The third kappa shape index (κ3) is 1.83. The summed E-state index contributed by atoms with van der Waals surface area (Å²) in [6, 6.07) is 4.91. The lowest BCUT2D eigenvalue weighted by Gasteiger charge is -2.17. The van der Waals surface area contributed by atoms with E-state index >= 15 is 0 Å². The molecule has 0 aliphatic rings. The highest BCUT2D eigenvalue weighted by molar-refractivity contribution is 5.83. The molecule has 2 atom stereocenters. The molecular weight excluding hydrogens is 203 g/mol. The first kappa shape index (κ1) is 11.1. The topological polar surface area (TPSA) is 41.8 Å². The van der Waals surface area contributed by atoms with Gasteiger partial charge in [0.05, 0.1) is 0 Å². The molecular formula is C13H17FN2. The van der Waals surface area contributed by atoms with Gasteiger partial charge < -0.3 is 10.7 Å². The maximum absolute atomic E-state index is 13.2. The second kappa shape index (κ2) is 4.26. The minimum Gasteiger partial charge on any atom is -0.361 e. The Balaban J connectivity index is 2.48. The number of rotatable bonds is 3. The Morgan fingerprint density at radius 3 is 2.88 bits per heavy atom. The van der Waals surface area contributed by atoms with Crippen LogP contribution in [0.4, 0.5) is 4.39 Å². The number of nitrogens with two attached hydrogens (primary N) is 1. The number of fused-ring (bicyclic) bond motifs is 1. The fraction of sp³-hybridized carbons (Fsp3) is 0.385. The molecule has 1 aromatic heterocycles. The van der Waals surface area contributed by atoms with Crippen LogP contribution in [0.1, 0.15) is 31.7 Å². The number of hydrogen-bond donors (Lipinski definition) is 2. The van der Waals surface area contributed by atoms with Crippen LogP contribution in [0.15, 0.2) is 24.4 Å². The lowest BCUT2D eigenvalue weighted by atomic mass is 9.92. The quantitative estimate of drug-likeness (QED) is 0.819. The Bertz CT molecular complexity index is 490. The van der Waals surface area contributed by atoms with E-state index in [9.17, 15) is 4.39 Å². The van der Waals surface area contributed by atoms with Crippen molar-refractivity contribution in [3.63, 3.8) is 0 Å². The Morgan fingerprint density at radius 2 is 2.19 bits per heavy atom. The zero-order chi connectivity index (χ0) is 11.7. The Hall–Kier alpha value is -1.35. The molecule has 0 spiro atoms. The van der Waals surface area contributed by atoms with Crippen LogP contribution in [0.2, 0.25) is 0 Å². The van der Waals surface area contributed by atoms with Crippen molar-refractivity contribution in [2.24, 2.45) is 5.73 Å². The Kier molecular flexibility index (Phi) is 2.97. The summed E-state index contributed by atoms with van der Waals surface area (Å²) in [5.74, 6) is 0.0335. The molecule has 2 rings (SSSR count). The maximum Gasteiger partial charge on any atom is 0.123 e. The molecule has 1 aromatic carbocycles. The van der Waals surface area contributed by atoms with Gasteiger partial charge >= 0.3 is 0 Å². The lowest BCUT2D eigenvalue weighted by molar-refractivity contribution is 0.554. The monoisotopic (exact) mass is 220 g/mol. The zero-order valence-electron chi connectivity index (χ0n) is 9.63. The van der Waals surface area contributed by atoms with Gasteiger partial charge in [-0.05, 0) is 36.1 Å². The van der Waals surface area contributed by atoms with Crippen LogP contribution in [0.3, 0.4) is 0 Å². The molecule has 0 unspecified atom stereocenters. The minimum absolute atomic E-state index is 0.113. The first-order valence-corrected chi connectivity index (χ1v) is 5.65. The van der Waals surface area contributed by atoms with Gasteiger partial charge in [-0.2, -0.15) is 0 Å². The molecule has 0 radical (unpaired) electrons. The molecule has 2 aromatic rings. The van der Waals surface area contributed by atoms with Gasteiger partial charge in [0.15, 0.2) is 0 Å². The average molecular weight is 220 g/mol. The lowest BCUT2D eigenvalue weighted by Crippen LogP contribution is -2.25. The van der Waals surface area contributed by atoms with E-state index in [4.69, 9.17) is 5.73 Å². The third-order valence-electron chi connectivity index (χ3n) is 3.28. The van der Waals surface area contributed by atoms with Gasteiger partial charge in [0, 0.05) is 23.1 Å². The number of aromatic amines is 1. The highest BCUT2D eigenvalue weighted by Gasteiger charge is 2.16. The van der Waals surface area contributed by atoms with Crippen LogP contribution in [0, 0.1) is 5.82 Å². The van der Waals surface area contributed by atoms with Crippen LogP contribution >= 0.6 is 0 Å². The molecule has 1 heterocycles. The van der Waals surface area contributed by atoms with Gasteiger partial charge in [0.1, 0.15) is 5.82 Å². The van der Waals surface area contributed by atoms with Crippen molar-refractivity contribution >= 4 is 10.9 Å². The summed E-state index contributed by atoms with van der Waals surface area (Å²) in [4.78, 5) is 3.15. The van der Waals surface area contributed by atoms with E-state index in [-0.39, 0.29) is 17.8 Å². The van der Waals surface area contributed by atoms with E-state index in [2.05, 4.69) is 18.8 Å². The van der Waals surface area contributed by atoms with Gasteiger partial charge in [-0.25, -0.2) is 4.39 Å². The van der Waals surface area contributed by atoms with Crippen molar-refractivity contribution in [2.45, 2.75) is 32.2 Å². The second-order valence-electron chi connectivity index (χ2n) is 4.29. The summed E-state index contributed by atoms with van der Waals surface area (Å²) in [6.07, 6.45) is 2.85. The number of hydrogen-bond acceptors (Lipinski definition) is 1. The van der Waals surface area contributed by atoms with Crippen LogP contribution in [0.5, 0.6) is 0 Å². The Labute approximate surface area is 94.7 Å². The standard InChI is InChI=1S/C13H17FN2/c1-3-12(15)8(2)11-7-16-13-5-4-9(14)6-10(11)13/h4-8,12,16H,3,15H2,1-2H3/t8-,12-/m0/s1. The van der Waals surface area contributed by atoms with E-state index in [0.717, 1.165) is 22.9 Å². The van der Waals surface area contributed by atoms with E-state index in [1.807, 2.05) is 6.20 Å². The van der Waals surface area contributed by atoms with E-state index in [0.29, 0.717) is 0 Å². The summed E-state index contributed by atoms with van der Waals surface area (Å²) < 4.78 is 13.2. The summed E-state index contributed by atoms with van der Waals surface area (Å²) in [5.41, 5.74) is 8.09. The van der Waals surface area contributed by atoms with Crippen molar-refractivity contribution in [3.05, 3.63) is 35.8 Å². The maximum atomic E-state index is 13.2. The van der Waals surface area contributed by atoms with Crippen LogP contribution < -0.4 is 5.73 Å². The summed E-state index contributed by atoms with van der Waals surface area (Å²) in [6.45, 7) is 4.15. The van der Waals surface area contributed by atoms with Crippen molar-refractivity contribution in [3.8, 4) is 0 Å². The number of aromatic nitrogens is 1. The molecule has 0 saturated carbocycles. The first-order chi connectivity index (χ1) is 7.63. The molecule has 2 nitrogen and oxygen atoms in total. The number of H-pyrrole nitrogens is 1. The fourth-order valence-corrected chi connectivity index (χ4v) is 2.08. The number of nitrogens with one attached hydrogen (secondary N) is 1. The van der Waals surface area contributed by atoms with Gasteiger partial charge in [-0.15, -0.1) is 0 Å². The molecule has 3 N–H and O–H groups in total. The van der Waals surface area contributed by atoms with E-state index in [1.54, 1.807) is 12.1 Å². The SMILES string of the molecule is CC[C@H](N)[C@@H](C)c1c[nH]c2ccc(F)cc12. The van der Waals surface area contributed by atoms with Crippen molar-refractivity contribution in [1.82, 2.24) is 4.98 Å². The molecule has 0 bridgehead atoms. The molecule has 0 fully saturated rings. The largest absolute Gasteiger partial charge is 0.361 e. The summed E-state index contributed by atoms with van der Waals surface area (Å²) in [5, 5.41) is 0.941. The van der Waals surface area contributed by atoms with E-state index in [1.165, 1.54) is 6.07 Å². The van der Waals surface area contributed by atoms with Gasteiger partial charge in [-0.3, -0.25) is 0 Å². The highest BCUT2D eigenvalue weighted by atomic mass is 19.1. The summed E-state index contributed by atoms with van der Waals surface area (Å²) in [7, 11) is 0. The third-order valence-corrected chi connectivity index (χ3v) is 3.28. The smallest absolute Gasteiger partial charge is 0.123 e. The minimum atomic E-state index is -0.203. The average Bonchev–Trinajstić information content (AvgIpc) is 2.69.